The summed E-state index contributed by atoms with van der Waals surface area (Å²) < 4.78 is 16.1. The maximum Gasteiger partial charge on any atom is 0.342 e. The molecule has 0 unspecified atom stereocenters. The molecule has 3 rings (SSSR count). The van der Waals surface area contributed by atoms with Gasteiger partial charge in [-0.2, -0.15) is 0 Å². The Hall–Kier alpha value is -3.45. The molecule has 0 amide bonds. The van der Waals surface area contributed by atoms with Gasteiger partial charge < -0.3 is 14.2 Å². The second-order valence-corrected chi connectivity index (χ2v) is 6.02. The number of hydrogen-bond donors (Lipinski definition) is 0. The van der Waals surface area contributed by atoms with Gasteiger partial charge in [0.2, 0.25) is 0 Å². The number of carbonyl (C=O) groups is 2. The third-order valence-corrected chi connectivity index (χ3v) is 3.92. The number of nitrogens with zero attached hydrogens (tertiary/aromatic N) is 2. The number of hydrogen-bond acceptors (Lipinski definition) is 7. The minimum Gasteiger partial charge on any atom is -0.493 e. The summed E-state index contributed by atoms with van der Waals surface area (Å²) >= 11 is 0. The van der Waals surface area contributed by atoms with Crippen LogP contribution in [0.25, 0.3) is 0 Å². The van der Waals surface area contributed by atoms with E-state index < -0.39 is 11.9 Å². The van der Waals surface area contributed by atoms with Crippen LogP contribution in [0.5, 0.6) is 5.75 Å². The Balaban J connectivity index is 0.00000320. The summed E-state index contributed by atoms with van der Waals surface area (Å²) in [6.07, 6.45) is 6.51. The highest BCUT2D eigenvalue weighted by atomic mass is 35.5. The van der Waals surface area contributed by atoms with Crippen LogP contribution in [0.3, 0.4) is 0 Å². The lowest BCUT2D eigenvalue weighted by atomic mass is 10.1. The van der Waals surface area contributed by atoms with Crippen molar-refractivity contribution in [2.24, 2.45) is 0 Å². The van der Waals surface area contributed by atoms with Gasteiger partial charge in [-0.25, -0.2) is 9.59 Å². The molecular formula is C22H21ClN2O5. The normalized spacial score (nSPS) is 9.90. The number of halogens is 1. The molecule has 0 radical (unpaired) electrons. The first-order chi connectivity index (χ1) is 14.2. The lowest BCUT2D eigenvalue weighted by Crippen LogP contribution is -2.11. The average molecular weight is 429 g/mol. The Bertz CT molecular complexity index is 968. The molecule has 8 heteroatoms. The van der Waals surface area contributed by atoms with E-state index in [4.69, 9.17) is 14.2 Å². The Morgan fingerprint density at radius 3 is 2.00 bits per heavy atom. The van der Waals surface area contributed by atoms with E-state index in [0.717, 1.165) is 11.1 Å². The quantitative estimate of drug-likeness (QED) is 0.501. The Kier molecular flexibility index (Phi) is 8.77. The van der Waals surface area contributed by atoms with Gasteiger partial charge in [-0.05, 0) is 37.3 Å². The molecule has 0 N–H and O–H groups in total. The molecule has 0 fully saturated rings. The third kappa shape index (κ3) is 6.28. The highest BCUT2D eigenvalue weighted by Crippen LogP contribution is 2.23. The molecule has 7 nitrogen and oxygen atoms in total. The van der Waals surface area contributed by atoms with Crippen LogP contribution in [0.1, 0.15) is 38.8 Å². The molecule has 2 heterocycles. The van der Waals surface area contributed by atoms with Crippen molar-refractivity contribution in [1.29, 1.82) is 0 Å². The number of rotatable bonds is 8. The van der Waals surface area contributed by atoms with Gasteiger partial charge in [0.05, 0.1) is 12.2 Å². The maximum atomic E-state index is 12.6. The number of ether oxygens (including phenoxy) is 3. The SMILES string of the molecule is CCOc1ccc(C(=O)OCc2cccnc2)cc1C(=O)OCc1cccnc1.Cl. The largest absolute Gasteiger partial charge is 0.493 e. The Morgan fingerprint density at radius 1 is 0.867 bits per heavy atom. The first-order valence-corrected chi connectivity index (χ1v) is 9.06. The summed E-state index contributed by atoms with van der Waals surface area (Å²) in [6.45, 7) is 2.32. The molecule has 2 aromatic heterocycles. The van der Waals surface area contributed by atoms with Crippen molar-refractivity contribution in [2.45, 2.75) is 20.1 Å². The van der Waals surface area contributed by atoms with E-state index >= 15 is 0 Å². The van der Waals surface area contributed by atoms with Crippen LogP contribution >= 0.6 is 12.4 Å². The Labute approximate surface area is 180 Å². The second-order valence-electron chi connectivity index (χ2n) is 6.02. The van der Waals surface area contributed by atoms with E-state index in [1.807, 2.05) is 0 Å². The first-order valence-electron chi connectivity index (χ1n) is 9.06. The van der Waals surface area contributed by atoms with Crippen LogP contribution in [0, 0.1) is 0 Å². The fourth-order valence-corrected chi connectivity index (χ4v) is 2.52. The van der Waals surface area contributed by atoms with Crippen molar-refractivity contribution >= 4 is 24.3 Å². The summed E-state index contributed by atoms with van der Waals surface area (Å²) in [7, 11) is 0. The van der Waals surface area contributed by atoms with Gasteiger partial charge in [0.1, 0.15) is 24.5 Å². The molecule has 0 spiro atoms. The van der Waals surface area contributed by atoms with Crippen LogP contribution < -0.4 is 4.74 Å². The summed E-state index contributed by atoms with van der Waals surface area (Å²) in [5.41, 5.74) is 1.91. The third-order valence-electron chi connectivity index (χ3n) is 3.92. The molecule has 1 aromatic carbocycles. The van der Waals surface area contributed by atoms with E-state index in [9.17, 15) is 9.59 Å². The number of benzene rings is 1. The molecule has 0 aliphatic heterocycles. The zero-order chi connectivity index (χ0) is 20.5. The van der Waals surface area contributed by atoms with Crippen molar-refractivity contribution in [3.63, 3.8) is 0 Å². The first kappa shape index (κ1) is 22.8. The molecule has 3 aromatic rings. The summed E-state index contributed by atoms with van der Waals surface area (Å²) in [4.78, 5) is 32.9. The fraction of sp³-hybridized carbons (Fsp3) is 0.182. The van der Waals surface area contributed by atoms with Gasteiger partial charge in [-0.3, -0.25) is 9.97 Å². The van der Waals surface area contributed by atoms with Crippen molar-refractivity contribution < 1.29 is 23.8 Å². The van der Waals surface area contributed by atoms with E-state index in [1.54, 1.807) is 68.1 Å². The monoisotopic (exact) mass is 428 g/mol. The van der Waals surface area contributed by atoms with Gasteiger partial charge >= 0.3 is 11.9 Å². The van der Waals surface area contributed by atoms with E-state index in [1.165, 1.54) is 6.07 Å². The predicted octanol–water partition coefficient (Wildman–Crippen LogP) is 4.01. The lowest BCUT2D eigenvalue weighted by Gasteiger charge is -2.12. The minimum atomic E-state index is -0.598. The fourth-order valence-electron chi connectivity index (χ4n) is 2.52. The maximum absolute atomic E-state index is 12.6. The lowest BCUT2D eigenvalue weighted by molar-refractivity contribution is 0.0466. The molecule has 0 aliphatic rings. The summed E-state index contributed by atoms with van der Waals surface area (Å²) in [5, 5.41) is 0. The number of pyridine rings is 2. The van der Waals surface area contributed by atoms with Gasteiger partial charge in [-0.1, -0.05) is 12.1 Å². The molecule has 0 saturated heterocycles. The van der Waals surface area contributed by atoms with Crippen LogP contribution in [-0.2, 0) is 22.7 Å². The standard InChI is InChI=1S/C22H20N2O5.ClH/c1-2-27-20-8-7-18(21(25)28-14-16-5-3-9-23-12-16)11-19(20)22(26)29-15-17-6-4-10-24-13-17;/h3-13H,2,14-15H2,1H3;1H. The zero-order valence-corrected chi connectivity index (χ0v) is 17.1. The van der Waals surface area contributed by atoms with Crippen molar-refractivity contribution in [3.8, 4) is 5.75 Å². The zero-order valence-electron chi connectivity index (χ0n) is 16.3. The molecule has 0 aliphatic carbocycles. The van der Waals surface area contributed by atoms with Crippen LogP contribution in [-0.4, -0.2) is 28.5 Å². The van der Waals surface area contributed by atoms with Crippen LogP contribution in [0.15, 0.2) is 67.3 Å². The minimum absolute atomic E-state index is 0. The Morgan fingerprint density at radius 2 is 1.47 bits per heavy atom. The van der Waals surface area contributed by atoms with Crippen molar-refractivity contribution in [1.82, 2.24) is 9.97 Å². The van der Waals surface area contributed by atoms with Crippen LogP contribution in [0.4, 0.5) is 0 Å². The van der Waals surface area contributed by atoms with Crippen LogP contribution in [0.2, 0.25) is 0 Å². The molecule has 0 atom stereocenters. The number of carbonyl (C=O) groups excluding carboxylic acids is 2. The smallest absolute Gasteiger partial charge is 0.342 e. The highest BCUT2D eigenvalue weighted by Gasteiger charge is 2.18. The van der Waals surface area contributed by atoms with Gasteiger partial charge in [0.15, 0.2) is 0 Å². The molecule has 30 heavy (non-hydrogen) atoms. The number of esters is 2. The average Bonchev–Trinajstić information content (AvgIpc) is 2.77. The predicted molar refractivity (Wildman–Crippen MR) is 112 cm³/mol. The van der Waals surface area contributed by atoms with Gasteiger partial charge in [0, 0.05) is 35.9 Å². The summed E-state index contributed by atoms with van der Waals surface area (Å²) in [5.74, 6) is -0.815. The summed E-state index contributed by atoms with van der Waals surface area (Å²) in [6, 6.07) is 11.7. The number of aromatic nitrogens is 2. The molecule has 0 saturated carbocycles. The van der Waals surface area contributed by atoms with Crippen molar-refractivity contribution in [3.05, 3.63) is 89.5 Å². The van der Waals surface area contributed by atoms with E-state index in [2.05, 4.69) is 9.97 Å². The van der Waals surface area contributed by atoms with E-state index in [-0.39, 0.29) is 36.7 Å². The van der Waals surface area contributed by atoms with Crippen molar-refractivity contribution in [2.75, 3.05) is 6.61 Å². The van der Waals surface area contributed by atoms with Gasteiger partial charge in [-0.15, -0.1) is 12.4 Å². The topological polar surface area (TPSA) is 87.6 Å². The molecule has 156 valence electrons. The molecular weight excluding hydrogens is 408 g/mol. The highest BCUT2D eigenvalue weighted by molar-refractivity contribution is 5.97. The van der Waals surface area contributed by atoms with Gasteiger partial charge in [0.25, 0.3) is 0 Å². The van der Waals surface area contributed by atoms with E-state index in [0.29, 0.717) is 12.4 Å². The molecule has 0 bridgehead atoms. The second kappa shape index (κ2) is 11.5.